The van der Waals surface area contributed by atoms with Crippen molar-refractivity contribution in [3.63, 3.8) is 0 Å². The van der Waals surface area contributed by atoms with Gasteiger partial charge in [0.1, 0.15) is 5.56 Å². The fourth-order valence-corrected chi connectivity index (χ4v) is 10.1. The second-order valence-corrected chi connectivity index (χ2v) is 19.9. The molecule has 11 aromatic rings. The van der Waals surface area contributed by atoms with Crippen LogP contribution < -0.4 is 49.0 Å². The summed E-state index contributed by atoms with van der Waals surface area (Å²) < 4.78 is 6.48. The molecule has 0 aliphatic heterocycles. The van der Waals surface area contributed by atoms with Crippen LogP contribution >= 0.6 is 11.6 Å². The van der Waals surface area contributed by atoms with Crippen LogP contribution in [0.2, 0.25) is 5.02 Å². The van der Waals surface area contributed by atoms with Gasteiger partial charge in [0.25, 0.3) is 22.6 Å². The maximum Gasteiger partial charge on any atom is 0.265 e. The molecule has 79 heavy (non-hydrogen) atoms. The highest BCUT2D eigenvalue weighted by Crippen LogP contribution is 2.30. The molecule has 7 N–H and O–H groups in total. The molecule has 0 aliphatic rings. The molecule has 5 aromatic heterocycles. The molecule has 0 fully saturated rings. The maximum atomic E-state index is 13.9. The standard InChI is InChI=1S/C26H25N7O2.C19H21N3O.C17H15ClN2O/c1-16(29-25(34)22-23(27)30-32-14-8-13-28-24(22)32)20-15-17-9-7-12-19(31(2)3)21(17)26(35)33(20)18-10-5-4-6-11-18;1-13(20)17-12-14-8-7-11-16(21(2)3)18(14)19(23)22(17)15-9-5-4-6-10-15;1-11(19)15-10-12-6-5-9-14(18)16(12)17(21)20(15)13-7-3-2-4-8-13/h4-16H,1-3H3,(H2,27,30)(H,29,34);4-13H,20H2,1-3H3;2-11H,19H2,1H3/t16-;13-;11-/m000/s1. The molecular weight excluding hydrogens is 1010 g/mol. The van der Waals surface area contributed by atoms with E-state index in [1.54, 1.807) is 38.2 Å². The van der Waals surface area contributed by atoms with Crippen LogP contribution in [0.5, 0.6) is 0 Å². The molecule has 3 atom stereocenters. The lowest BCUT2D eigenvalue weighted by molar-refractivity contribution is 0.0941. The van der Waals surface area contributed by atoms with Gasteiger partial charge in [0.05, 0.1) is 27.2 Å². The van der Waals surface area contributed by atoms with Gasteiger partial charge in [-0.25, -0.2) is 9.50 Å². The third kappa shape index (κ3) is 10.9. The smallest absolute Gasteiger partial charge is 0.265 e. The molecule has 0 radical (unpaired) electrons. The van der Waals surface area contributed by atoms with Crippen LogP contribution in [0, 0.1) is 0 Å². The second kappa shape index (κ2) is 23.1. The summed E-state index contributed by atoms with van der Waals surface area (Å²) in [5.74, 6) is -0.333. The van der Waals surface area contributed by atoms with E-state index in [2.05, 4.69) is 15.4 Å². The summed E-state index contributed by atoms with van der Waals surface area (Å²) in [6, 6.07) is 52.2. The Morgan fingerprint density at radius 3 is 1.39 bits per heavy atom. The van der Waals surface area contributed by atoms with E-state index < -0.39 is 11.9 Å². The largest absolute Gasteiger partial charge is 0.381 e. The molecule has 0 saturated carbocycles. The van der Waals surface area contributed by atoms with Crippen molar-refractivity contribution in [2.24, 2.45) is 11.5 Å². The van der Waals surface area contributed by atoms with Gasteiger partial charge in [-0.3, -0.25) is 32.9 Å². The number of anilines is 3. The van der Waals surface area contributed by atoms with Crippen molar-refractivity contribution in [2.45, 2.75) is 38.9 Å². The molecule has 17 heteroatoms. The number of nitrogen functional groups attached to an aromatic ring is 1. The van der Waals surface area contributed by atoms with Crippen LogP contribution in [0.15, 0.2) is 197 Å². The number of nitrogens with two attached hydrogens (primary N) is 3. The van der Waals surface area contributed by atoms with Crippen molar-refractivity contribution in [1.82, 2.24) is 33.6 Å². The van der Waals surface area contributed by atoms with E-state index in [0.29, 0.717) is 38.2 Å². The van der Waals surface area contributed by atoms with E-state index in [-0.39, 0.29) is 40.1 Å². The zero-order valence-electron chi connectivity index (χ0n) is 44.9. The Bertz CT molecular complexity index is 4210. The number of benzene rings is 6. The number of hydrogen-bond donors (Lipinski definition) is 4. The monoisotopic (exact) mass is 1070 g/mol. The minimum atomic E-state index is -0.527. The van der Waals surface area contributed by atoms with E-state index in [0.717, 1.165) is 50.3 Å². The summed E-state index contributed by atoms with van der Waals surface area (Å²) in [6.45, 7) is 5.60. The van der Waals surface area contributed by atoms with Gasteiger partial charge in [-0.15, -0.1) is 5.10 Å². The van der Waals surface area contributed by atoms with Crippen LogP contribution in [0.4, 0.5) is 17.2 Å². The van der Waals surface area contributed by atoms with Gasteiger partial charge in [-0.2, -0.15) is 0 Å². The number of aromatic nitrogens is 6. The predicted octanol–water partition coefficient (Wildman–Crippen LogP) is 9.91. The number of carbonyl (C=O) groups excluding carboxylic acids is 1. The van der Waals surface area contributed by atoms with Crippen LogP contribution in [-0.2, 0) is 0 Å². The number of carbonyl (C=O) groups is 1. The van der Waals surface area contributed by atoms with Crippen LogP contribution in [-0.4, -0.2) is 62.4 Å². The Kier molecular flexibility index (Phi) is 15.9. The first-order valence-electron chi connectivity index (χ1n) is 25.6. The summed E-state index contributed by atoms with van der Waals surface area (Å²) in [7, 11) is 7.71. The first-order chi connectivity index (χ1) is 38.0. The summed E-state index contributed by atoms with van der Waals surface area (Å²) in [6.07, 6.45) is 3.26. The minimum Gasteiger partial charge on any atom is -0.381 e. The molecule has 6 aromatic carbocycles. The van der Waals surface area contributed by atoms with E-state index in [4.69, 9.17) is 28.8 Å². The van der Waals surface area contributed by atoms with Crippen molar-refractivity contribution >= 4 is 72.7 Å². The lowest BCUT2D eigenvalue weighted by Crippen LogP contribution is -2.32. The number of nitrogens with one attached hydrogen (secondary N) is 1. The molecular formula is C62H61ClN12O4. The third-order valence-corrected chi connectivity index (χ3v) is 13.8. The Labute approximate surface area is 461 Å². The Morgan fingerprint density at radius 1 is 0.544 bits per heavy atom. The zero-order valence-corrected chi connectivity index (χ0v) is 45.6. The number of hydrogen-bond acceptors (Lipinski definition) is 11. The fourth-order valence-electron chi connectivity index (χ4n) is 9.80. The van der Waals surface area contributed by atoms with Crippen molar-refractivity contribution in [3.05, 3.63) is 241 Å². The lowest BCUT2D eigenvalue weighted by Gasteiger charge is -2.22. The first-order valence-corrected chi connectivity index (χ1v) is 26.0. The van der Waals surface area contributed by atoms with Gasteiger partial charge in [-0.1, -0.05) is 103 Å². The third-order valence-electron chi connectivity index (χ3n) is 13.5. The number of pyridine rings is 3. The number of halogens is 1. The molecule has 0 unspecified atom stereocenters. The minimum absolute atomic E-state index is 0.0368. The molecule has 16 nitrogen and oxygen atoms in total. The van der Waals surface area contributed by atoms with Crippen molar-refractivity contribution in [3.8, 4) is 17.1 Å². The fraction of sp³-hybridized carbons (Fsp3) is 0.161. The van der Waals surface area contributed by atoms with Gasteiger partial charge in [0.2, 0.25) is 0 Å². The Balaban J connectivity index is 0.000000150. The van der Waals surface area contributed by atoms with E-state index in [9.17, 15) is 19.2 Å². The first kappa shape index (κ1) is 54.4. The van der Waals surface area contributed by atoms with Crippen LogP contribution in [0.3, 0.4) is 0 Å². The molecule has 0 saturated heterocycles. The molecule has 0 bridgehead atoms. The summed E-state index contributed by atoms with van der Waals surface area (Å²) >= 11 is 6.21. The van der Waals surface area contributed by atoms with E-state index in [1.165, 1.54) is 4.52 Å². The highest BCUT2D eigenvalue weighted by Gasteiger charge is 2.25. The van der Waals surface area contributed by atoms with Crippen LogP contribution in [0.1, 0.15) is 66.3 Å². The lowest BCUT2D eigenvalue weighted by atomic mass is 10.1. The van der Waals surface area contributed by atoms with Gasteiger partial charge >= 0.3 is 0 Å². The normalized spacial score (nSPS) is 12.3. The summed E-state index contributed by atoms with van der Waals surface area (Å²) in [5, 5.41) is 12.0. The molecule has 400 valence electrons. The average Bonchev–Trinajstić information content (AvgIpc) is 3.98. The second-order valence-electron chi connectivity index (χ2n) is 19.5. The Hall–Kier alpha value is -9.35. The number of fused-ring (bicyclic) bond motifs is 4. The predicted molar refractivity (Wildman–Crippen MR) is 321 cm³/mol. The SMILES string of the molecule is C[C@H](N)c1cc2cccc(Cl)c2c(=O)n1-c1ccccc1.C[C@H](N)c1cc2cccc(N(C)C)c2c(=O)n1-c1ccccc1.C[C@H](NC(=O)c1c(N)nn2cccnc12)c1cc2cccc(N(C)C)c2c(=O)n1-c1ccccc1. The quantitative estimate of drug-likeness (QED) is 0.101. The highest BCUT2D eigenvalue weighted by atomic mass is 35.5. The molecule has 1 amide bonds. The Morgan fingerprint density at radius 2 is 0.949 bits per heavy atom. The zero-order chi connectivity index (χ0) is 56.2. The van der Waals surface area contributed by atoms with E-state index in [1.807, 2.05) is 216 Å². The average molecular weight is 1070 g/mol. The van der Waals surface area contributed by atoms with Crippen molar-refractivity contribution < 1.29 is 4.79 Å². The van der Waals surface area contributed by atoms with Crippen LogP contribution in [0.25, 0.3) is 55.0 Å². The number of amides is 1. The topological polar surface area (TPSA) is 210 Å². The molecule has 0 spiro atoms. The maximum absolute atomic E-state index is 13.9. The number of rotatable bonds is 10. The van der Waals surface area contributed by atoms with Gasteiger partial charge in [0, 0.05) is 98.2 Å². The van der Waals surface area contributed by atoms with Gasteiger partial charge < -0.3 is 32.3 Å². The summed E-state index contributed by atoms with van der Waals surface area (Å²) in [5.41, 5.74) is 24.7. The van der Waals surface area contributed by atoms with Gasteiger partial charge in [0.15, 0.2) is 11.5 Å². The highest BCUT2D eigenvalue weighted by molar-refractivity contribution is 6.35. The summed E-state index contributed by atoms with van der Waals surface area (Å²) in [4.78, 5) is 61.5. The molecule has 0 aliphatic carbocycles. The van der Waals surface area contributed by atoms with E-state index >= 15 is 0 Å². The number of para-hydroxylation sites is 3. The van der Waals surface area contributed by atoms with Crippen molar-refractivity contribution in [1.29, 1.82) is 0 Å². The molecule has 11 rings (SSSR count). The number of nitrogens with zero attached hydrogens (tertiary/aromatic N) is 8. The molecule has 5 heterocycles. The van der Waals surface area contributed by atoms with Gasteiger partial charge in [-0.05, 0) is 116 Å². The van der Waals surface area contributed by atoms with Crippen molar-refractivity contribution in [2.75, 3.05) is 43.7 Å².